The summed E-state index contributed by atoms with van der Waals surface area (Å²) in [5.74, 6) is 0.534. The van der Waals surface area contributed by atoms with E-state index >= 15 is 0 Å². The van der Waals surface area contributed by atoms with E-state index in [-0.39, 0.29) is 23.0 Å². The maximum Gasteiger partial charge on any atom is 0.262 e. The molecule has 3 aromatic rings. The van der Waals surface area contributed by atoms with Gasteiger partial charge in [0.2, 0.25) is 0 Å². The number of benzene rings is 2. The molecule has 0 unspecified atom stereocenters. The van der Waals surface area contributed by atoms with Gasteiger partial charge in [0.15, 0.2) is 10.9 Å². The van der Waals surface area contributed by atoms with Crippen LogP contribution in [0.2, 0.25) is 5.02 Å². The number of aryl methyl sites for hydroxylation is 2. The highest BCUT2D eigenvalue weighted by Crippen LogP contribution is 2.23. The van der Waals surface area contributed by atoms with Crippen molar-refractivity contribution in [3.63, 3.8) is 0 Å². The molecular formula is C22H23ClN2O2S. The lowest BCUT2D eigenvalue weighted by Gasteiger charge is -2.15. The largest absolute Gasteiger partial charge is 0.293 e. The molecule has 0 fully saturated rings. The van der Waals surface area contributed by atoms with Crippen LogP contribution < -0.4 is 5.56 Å². The smallest absolute Gasteiger partial charge is 0.262 e. The standard InChI is InChI=1S/C22H23ClN2O2S/c1-13(2)11-25-21(27)18-10-16(23)7-8-19(18)24-22(25)28-12-20(26)17-9-14(3)5-6-15(17)4/h5-10,13H,11-12H2,1-4H3. The van der Waals surface area contributed by atoms with Crippen LogP contribution in [0.5, 0.6) is 0 Å². The van der Waals surface area contributed by atoms with Gasteiger partial charge in [0.1, 0.15) is 0 Å². The Morgan fingerprint density at radius 3 is 2.64 bits per heavy atom. The van der Waals surface area contributed by atoms with Crippen LogP contribution in [0.4, 0.5) is 0 Å². The van der Waals surface area contributed by atoms with Gasteiger partial charge in [-0.05, 0) is 49.6 Å². The molecular weight excluding hydrogens is 392 g/mol. The minimum Gasteiger partial charge on any atom is -0.293 e. The number of carbonyl (C=O) groups excluding carboxylic acids is 1. The first-order valence-electron chi connectivity index (χ1n) is 9.19. The maximum absolute atomic E-state index is 13.0. The van der Waals surface area contributed by atoms with Gasteiger partial charge in [-0.25, -0.2) is 4.98 Å². The molecule has 0 aliphatic carbocycles. The van der Waals surface area contributed by atoms with E-state index in [0.29, 0.717) is 27.6 Å². The summed E-state index contributed by atoms with van der Waals surface area (Å²) in [5.41, 5.74) is 3.20. The second kappa shape index (κ2) is 8.50. The molecule has 28 heavy (non-hydrogen) atoms. The zero-order chi connectivity index (χ0) is 20.4. The summed E-state index contributed by atoms with van der Waals surface area (Å²) in [6, 6.07) is 11.0. The van der Waals surface area contributed by atoms with Crippen LogP contribution in [0, 0.1) is 19.8 Å². The predicted molar refractivity (Wildman–Crippen MR) is 117 cm³/mol. The zero-order valence-corrected chi connectivity index (χ0v) is 18.0. The summed E-state index contributed by atoms with van der Waals surface area (Å²) in [7, 11) is 0. The Bertz CT molecular complexity index is 1110. The SMILES string of the molecule is Cc1ccc(C)c(C(=O)CSc2nc3ccc(Cl)cc3c(=O)n2CC(C)C)c1. The minimum absolute atomic E-state index is 0.0350. The van der Waals surface area contributed by atoms with Crippen molar-refractivity contribution in [1.29, 1.82) is 0 Å². The molecule has 0 aliphatic rings. The molecule has 3 rings (SSSR count). The van der Waals surface area contributed by atoms with Gasteiger partial charge in [-0.15, -0.1) is 0 Å². The highest BCUT2D eigenvalue weighted by molar-refractivity contribution is 7.99. The Kier molecular flexibility index (Phi) is 6.26. The van der Waals surface area contributed by atoms with E-state index in [0.717, 1.165) is 16.7 Å². The van der Waals surface area contributed by atoms with Crippen molar-refractivity contribution in [1.82, 2.24) is 9.55 Å². The minimum atomic E-state index is -0.122. The van der Waals surface area contributed by atoms with Crippen LogP contribution in [-0.4, -0.2) is 21.1 Å². The molecule has 2 aromatic carbocycles. The van der Waals surface area contributed by atoms with Gasteiger partial charge in [-0.1, -0.05) is 54.9 Å². The Balaban J connectivity index is 1.97. The average Bonchev–Trinajstić information content (AvgIpc) is 2.64. The molecule has 0 atom stereocenters. The molecule has 0 spiro atoms. The first-order valence-corrected chi connectivity index (χ1v) is 10.6. The van der Waals surface area contributed by atoms with Crippen molar-refractivity contribution < 1.29 is 4.79 Å². The fraction of sp³-hybridized carbons (Fsp3) is 0.318. The first kappa shape index (κ1) is 20.6. The molecule has 0 bridgehead atoms. The summed E-state index contributed by atoms with van der Waals surface area (Å²) in [4.78, 5) is 30.4. The van der Waals surface area contributed by atoms with Gasteiger partial charge in [0.05, 0.1) is 16.7 Å². The van der Waals surface area contributed by atoms with Crippen molar-refractivity contribution in [2.45, 2.75) is 39.4 Å². The van der Waals surface area contributed by atoms with E-state index < -0.39 is 0 Å². The lowest BCUT2D eigenvalue weighted by molar-refractivity contribution is 0.102. The Hall–Kier alpha value is -2.11. The molecule has 0 amide bonds. The van der Waals surface area contributed by atoms with Crippen LogP contribution in [0.25, 0.3) is 10.9 Å². The number of Topliss-reactive ketones (excluding diaryl/α,β-unsaturated/α-hetero) is 1. The molecule has 1 heterocycles. The monoisotopic (exact) mass is 414 g/mol. The van der Waals surface area contributed by atoms with Crippen molar-refractivity contribution in [2.75, 3.05) is 5.75 Å². The predicted octanol–water partition coefficient (Wildman–Crippen LogP) is 5.30. The van der Waals surface area contributed by atoms with E-state index in [4.69, 9.17) is 11.6 Å². The number of hydrogen-bond acceptors (Lipinski definition) is 4. The van der Waals surface area contributed by atoms with Gasteiger partial charge in [-0.2, -0.15) is 0 Å². The van der Waals surface area contributed by atoms with Gasteiger partial charge < -0.3 is 0 Å². The van der Waals surface area contributed by atoms with Crippen LogP contribution in [-0.2, 0) is 6.54 Å². The summed E-state index contributed by atoms with van der Waals surface area (Å²) >= 11 is 7.37. The van der Waals surface area contributed by atoms with Crippen molar-refractivity contribution in [2.24, 2.45) is 5.92 Å². The number of nitrogens with zero attached hydrogens (tertiary/aromatic N) is 2. The van der Waals surface area contributed by atoms with Crippen LogP contribution in [0.3, 0.4) is 0 Å². The van der Waals surface area contributed by atoms with Crippen molar-refractivity contribution in [3.05, 3.63) is 68.5 Å². The molecule has 0 N–H and O–H groups in total. The average molecular weight is 415 g/mol. The molecule has 146 valence electrons. The Labute approximate surface area is 173 Å². The highest BCUT2D eigenvalue weighted by atomic mass is 35.5. The number of carbonyl (C=O) groups is 1. The highest BCUT2D eigenvalue weighted by Gasteiger charge is 2.16. The first-order chi connectivity index (χ1) is 13.3. The quantitative estimate of drug-likeness (QED) is 0.312. The molecule has 1 aromatic heterocycles. The van der Waals surface area contributed by atoms with Crippen LogP contribution >= 0.6 is 23.4 Å². The van der Waals surface area contributed by atoms with Crippen molar-refractivity contribution >= 4 is 40.0 Å². The topological polar surface area (TPSA) is 52.0 Å². The number of halogens is 1. The van der Waals surface area contributed by atoms with Gasteiger partial charge in [-0.3, -0.25) is 14.2 Å². The normalized spacial score (nSPS) is 11.4. The second-order valence-corrected chi connectivity index (χ2v) is 8.77. The Morgan fingerprint density at radius 1 is 1.18 bits per heavy atom. The van der Waals surface area contributed by atoms with Crippen LogP contribution in [0.15, 0.2) is 46.3 Å². The summed E-state index contributed by atoms with van der Waals surface area (Å²) in [6.45, 7) is 8.53. The third kappa shape index (κ3) is 4.47. The number of fused-ring (bicyclic) bond motifs is 1. The zero-order valence-electron chi connectivity index (χ0n) is 16.5. The van der Waals surface area contributed by atoms with Crippen molar-refractivity contribution in [3.8, 4) is 0 Å². The molecule has 4 nitrogen and oxygen atoms in total. The van der Waals surface area contributed by atoms with E-state index in [1.807, 2.05) is 45.9 Å². The molecule has 0 saturated carbocycles. The number of ketones is 1. The van der Waals surface area contributed by atoms with E-state index in [9.17, 15) is 9.59 Å². The van der Waals surface area contributed by atoms with Gasteiger partial charge >= 0.3 is 0 Å². The summed E-state index contributed by atoms with van der Waals surface area (Å²) < 4.78 is 1.66. The molecule has 0 radical (unpaired) electrons. The molecule has 0 saturated heterocycles. The van der Waals surface area contributed by atoms with E-state index in [1.165, 1.54) is 11.8 Å². The third-order valence-electron chi connectivity index (χ3n) is 4.45. The molecule has 0 aliphatic heterocycles. The van der Waals surface area contributed by atoms with Gasteiger partial charge in [0.25, 0.3) is 5.56 Å². The fourth-order valence-electron chi connectivity index (χ4n) is 3.05. The number of aromatic nitrogens is 2. The fourth-order valence-corrected chi connectivity index (χ4v) is 4.12. The van der Waals surface area contributed by atoms with E-state index in [2.05, 4.69) is 4.98 Å². The number of hydrogen-bond donors (Lipinski definition) is 0. The number of rotatable bonds is 6. The van der Waals surface area contributed by atoms with E-state index in [1.54, 1.807) is 22.8 Å². The second-order valence-electron chi connectivity index (χ2n) is 7.40. The lowest BCUT2D eigenvalue weighted by atomic mass is 10.0. The maximum atomic E-state index is 13.0. The summed E-state index contributed by atoms with van der Waals surface area (Å²) in [6.07, 6.45) is 0. The number of thioether (sulfide) groups is 1. The van der Waals surface area contributed by atoms with Crippen LogP contribution in [0.1, 0.15) is 35.3 Å². The van der Waals surface area contributed by atoms with Gasteiger partial charge in [0, 0.05) is 17.1 Å². The summed E-state index contributed by atoms with van der Waals surface area (Å²) in [5, 5.41) is 1.57. The molecule has 6 heteroatoms. The lowest BCUT2D eigenvalue weighted by Crippen LogP contribution is -2.25. The third-order valence-corrected chi connectivity index (χ3v) is 5.67. The Morgan fingerprint density at radius 2 is 1.93 bits per heavy atom.